The van der Waals surface area contributed by atoms with E-state index in [2.05, 4.69) is 5.32 Å². The maximum atomic E-state index is 11.7. The number of hydrogen-bond donors (Lipinski definition) is 2. The Morgan fingerprint density at radius 3 is 2.71 bits per heavy atom. The molecule has 0 saturated heterocycles. The lowest BCUT2D eigenvalue weighted by Crippen LogP contribution is -2.32. The third-order valence-electron chi connectivity index (χ3n) is 2.72. The monoisotopic (exact) mass is 254 g/mol. The lowest BCUT2D eigenvalue weighted by molar-refractivity contribution is -0.122. The highest BCUT2D eigenvalue weighted by Crippen LogP contribution is 2.22. The van der Waals surface area contributed by atoms with Crippen LogP contribution in [0.15, 0.2) is 24.3 Å². The van der Waals surface area contributed by atoms with Crippen LogP contribution in [0.3, 0.4) is 0 Å². The summed E-state index contributed by atoms with van der Waals surface area (Å²) in [6.45, 7) is 3.88. The summed E-state index contributed by atoms with van der Waals surface area (Å²) in [6, 6.07) is 7.33. The lowest BCUT2D eigenvalue weighted by atomic mass is 10.1. The molecule has 0 aromatic heterocycles. The Morgan fingerprint density at radius 1 is 1.47 bits per heavy atom. The van der Waals surface area contributed by atoms with Gasteiger partial charge in [-0.3, -0.25) is 4.79 Å². The molecule has 2 atom stereocenters. The van der Waals surface area contributed by atoms with E-state index >= 15 is 0 Å². The van der Waals surface area contributed by atoms with Gasteiger partial charge < -0.3 is 11.1 Å². The van der Waals surface area contributed by atoms with Gasteiger partial charge in [-0.05, 0) is 25.0 Å². The first-order valence-electron chi connectivity index (χ1n) is 5.84. The minimum Gasteiger partial charge on any atom is -0.349 e. The number of rotatable bonds is 5. The van der Waals surface area contributed by atoms with Gasteiger partial charge in [-0.2, -0.15) is 0 Å². The second-order valence-corrected chi connectivity index (χ2v) is 4.59. The van der Waals surface area contributed by atoms with Crippen molar-refractivity contribution < 1.29 is 4.79 Å². The Balaban J connectivity index is 2.58. The first kappa shape index (κ1) is 14.0. The number of halogens is 1. The van der Waals surface area contributed by atoms with Crippen molar-refractivity contribution in [3.8, 4) is 0 Å². The molecule has 1 amide bonds. The maximum absolute atomic E-state index is 11.7. The summed E-state index contributed by atoms with van der Waals surface area (Å²) in [5, 5.41) is 3.57. The predicted octanol–water partition coefficient (Wildman–Crippen LogP) is 2.64. The maximum Gasteiger partial charge on any atom is 0.222 e. The van der Waals surface area contributed by atoms with Crippen LogP contribution in [-0.2, 0) is 4.79 Å². The average Bonchev–Trinajstić information content (AvgIpc) is 2.29. The van der Waals surface area contributed by atoms with Crippen LogP contribution in [0.5, 0.6) is 0 Å². The van der Waals surface area contributed by atoms with Crippen LogP contribution in [0.25, 0.3) is 0 Å². The molecule has 0 saturated carbocycles. The fourth-order valence-electron chi connectivity index (χ4n) is 1.59. The van der Waals surface area contributed by atoms with E-state index in [1.165, 1.54) is 0 Å². The summed E-state index contributed by atoms with van der Waals surface area (Å²) in [5.74, 6) is -0.0354. The van der Waals surface area contributed by atoms with Crippen LogP contribution >= 0.6 is 11.6 Å². The summed E-state index contributed by atoms with van der Waals surface area (Å²) in [6.07, 6.45) is 1.15. The topological polar surface area (TPSA) is 55.1 Å². The van der Waals surface area contributed by atoms with Crippen molar-refractivity contribution in [3.63, 3.8) is 0 Å². The number of hydrogen-bond acceptors (Lipinski definition) is 2. The molecule has 1 rings (SSSR count). The molecule has 0 spiro atoms. The Kier molecular flexibility index (Phi) is 5.45. The van der Waals surface area contributed by atoms with Gasteiger partial charge in [0.25, 0.3) is 0 Å². The van der Waals surface area contributed by atoms with Crippen molar-refractivity contribution in [2.75, 3.05) is 0 Å². The smallest absolute Gasteiger partial charge is 0.222 e. The number of amides is 1. The van der Waals surface area contributed by atoms with Gasteiger partial charge in [-0.25, -0.2) is 0 Å². The molecule has 0 aliphatic heterocycles. The molecule has 94 valence electrons. The average molecular weight is 255 g/mol. The Labute approximate surface area is 107 Å². The van der Waals surface area contributed by atoms with Crippen LogP contribution in [-0.4, -0.2) is 11.9 Å². The van der Waals surface area contributed by atoms with Crippen molar-refractivity contribution in [2.45, 2.75) is 38.8 Å². The molecule has 3 N–H and O–H groups in total. The number of carbonyl (C=O) groups is 1. The Morgan fingerprint density at radius 2 is 2.12 bits per heavy atom. The van der Waals surface area contributed by atoms with Gasteiger partial charge in [0, 0.05) is 17.5 Å². The molecule has 0 aliphatic carbocycles. The van der Waals surface area contributed by atoms with E-state index in [-0.39, 0.29) is 18.0 Å². The van der Waals surface area contributed by atoms with E-state index in [4.69, 9.17) is 17.3 Å². The standard InChI is InChI=1S/C13H19ClN2O/c1-3-10(15)8-13(17)16-9(2)11-6-4-5-7-12(11)14/h4-7,9-10H,3,8,15H2,1-2H3,(H,16,17)/t9-,10?/m1/s1. The SMILES string of the molecule is CCC(N)CC(=O)N[C@H](C)c1ccccc1Cl. The van der Waals surface area contributed by atoms with E-state index in [1.54, 1.807) is 0 Å². The Bertz CT molecular complexity index is 381. The van der Waals surface area contributed by atoms with E-state index < -0.39 is 0 Å². The molecule has 0 radical (unpaired) electrons. The second kappa shape index (κ2) is 6.62. The number of nitrogens with two attached hydrogens (primary N) is 1. The molecule has 0 bridgehead atoms. The van der Waals surface area contributed by atoms with Crippen LogP contribution in [0.2, 0.25) is 5.02 Å². The molecule has 3 nitrogen and oxygen atoms in total. The van der Waals surface area contributed by atoms with Gasteiger partial charge in [0.2, 0.25) is 5.91 Å². The fourth-order valence-corrected chi connectivity index (χ4v) is 1.89. The zero-order valence-electron chi connectivity index (χ0n) is 10.2. The van der Waals surface area contributed by atoms with Crippen LogP contribution in [0.4, 0.5) is 0 Å². The summed E-state index contributed by atoms with van der Waals surface area (Å²) in [5.41, 5.74) is 6.65. The number of carbonyl (C=O) groups excluding carboxylic acids is 1. The molecule has 0 aliphatic rings. The van der Waals surface area contributed by atoms with Gasteiger partial charge in [-0.15, -0.1) is 0 Å². The zero-order valence-corrected chi connectivity index (χ0v) is 11.0. The molecule has 0 fully saturated rings. The molecule has 1 aromatic rings. The second-order valence-electron chi connectivity index (χ2n) is 4.18. The van der Waals surface area contributed by atoms with Crippen molar-refractivity contribution in [1.82, 2.24) is 5.32 Å². The third kappa shape index (κ3) is 4.36. The fraction of sp³-hybridized carbons (Fsp3) is 0.462. The molecule has 4 heteroatoms. The van der Waals surface area contributed by atoms with E-state index in [9.17, 15) is 4.79 Å². The Hall–Kier alpha value is -1.06. The summed E-state index contributed by atoms with van der Waals surface area (Å²) >= 11 is 6.06. The lowest BCUT2D eigenvalue weighted by Gasteiger charge is -2.17. The minimum absolute atomic E-state index is 0.0354. The van der Waals surface area contributed by atoms with Gasteiger partial charge in [0.1, 0.15) is 0 Å². The predicted molar refractivity (Wildman–Crippen MR) is 70.9 cm³/mol. The molecular formula is C13H19ClN2O. The van der Waals surface area contributed by atoms with Crippen molar-refractivity contribution in [1.29, 1.82) is 0 Å². The number of benzene rings is 1. The van der Waals surface area contributed by atoms with Crippen LogP contribution < -0.4 is 11.1 Å². The minimum atomic E-state index is -0.0970. The van der Waals surface area contributed by atoms with Crippen LogP contribution in [0.1, 0.15) is 38.3 Å². The van der Waals surface area contributed by atoms with Crippen LogP contribution in [0, 0.1) is 0 Å². The molecule has 1 aromatic carbocycles. The van der Waals surface area contributed by atoms with E-state index in [1.807, 2.05) is 38.1 Å². The van der Waals surface area contributed by atoms with Crippen molar-refractivity contribution >= 4 is 17.5 Å². The third-order valence-corrected chi connectivity index (χ3v) is 3.07. The highest BCUT2D eigenvalue weighted by Gasteiger charge is 2.13. The van der Waals surface area contributed by atoms with Gasteiger partial charge in [-0.1, -0.05) is 36.7 Å². The first-order valence-corrected chi connectivity index (χ1v) is 6.21. The van der Waals surface area contributed by atoms with Crippen molar-refractivity contribution in [3.05, 3.63) is 34.9 Å². The quantitative estimate of drug-likeness (QED) is 0.849. The highest BCUT2D eigenvalue weighted by atomic mass is 35.5. The molecule has 0 heterocycles. The van der Waals surface area contributed by atoms with E-state index in [0.717, 1.165) is 12.0 Å². The van der Waals surface area contributed by atoms with Gasteiger partial charge >= 0.3 is 0 Å². The largest absolute Gasteiger partial charge is 0.349 e. The van der Waals surface area contributed by atoms with Crippen molar-refractivity contribution in [2.24, 2.45) is 5.73 Å². The molecule has 17 heavy (non-hydrogen) atoms. The zero-order chi connectivity index (χ0) is 12.8. The molecular weight excluding hydrogens is 236 g/mol. The molecule has 1 unspecified atom stereocenters. The first-order chi connectivity index (χ1) is 8.04. The van der Waals surface area contributed by atoms with E-state index in [0.29, 0.717) is 11.4 Å². The number of nitrogens with one attached hydrogen (secondary N) is 1. The highest BCUT2D eigenvalue weighted by molar-refractivity contribution is 6.31. The summed E-state index contributed by atoms with van der Waals surface area (Å²) in [7, 11) is 0. The summed E-state index contributed by atoms with van der Waals surface area (Å²) in [4.78, 5) is 11.7. The normalized spacial score (nSPS) is 14.1. The van der Waals surface area contributed by atoms with Gasteiger partial charge in [0.15, 0.2) is 0 Å². The summed E-state index contributed by atoms with van der Waals surface area (Å²) < 4.78 is 0. The van der Waals surface area contributed by atoms with Gasteiger partial charge in [0.05, 0.1) is 6.04 Å².